The number of aromatic nitrogens is 5. The van der Waals surface area contributed by atoms with Gasteiger partial charge in [0.1, 0.15) is 18.2 Å². The van der Waals surface area contributed by atoms with Gasteiger partial charge in [0.2, 0.25) is 5.82 Å². The third-order valence-corrected chi connectivity index (χ3v) is 5.75. The molecule has 5 rings (SSSR count). The average molecular weight is 441 g/mol. The lowest BCUT2D eigenvalue weighted by Gasteiger charge is -2.19. The second-order valence-electron chi connectivity index (χ2n) is 8.15. The minimum absolute atomic E-state index is 0.110. The second-order valence-corrected chi connectivity index (χ2v) is 8.15. The van der Waals surface area contributed by atoms with Crippen LogP contribution in [-0.2, 0) is 17.9 Å². The Morgan fingerprint density at radius 2 is 1.97 bits per heavy atom. The number of anilines is 1. The molecule has 0 unspecified atom stereocenters. The van der Waals surface area contributed by atoms with Crippen LogP contribution in [0.25, 0.3) is 0 Å². The smallest absolute Gasteiger partial charge is 0.291 e. The van der Waals surface area contributed by atoms with Crippen molar-refractivity contribution in [2.45, 2.75) is 44.3 Å². The molecule has 166 valence electrons. The number of carbonyl (C=O) groups excluding carboxylic acids is 2. The SMILES string of the molecule is CN1C(=O)[C@@H](NC(=O)c2ncn(Cc3ccc(F)c(F)c3)n2)CCn2nc(C3CC3)cc21. The number of nitrogens with zero attached hydrogens (tertiary/aromatic N) is 6. The summed E-state index contributed by atoms with van der Waals surface area (Å²) in [6.45, 7) is 0.619. The number of amides is 2. The lowest BCUT2D eigenvalue weighted by atomic mass is 10.2. The fourth-order valence-electron chi connectivity index (χ4n) is 3.82. The Hall–Kier alpha value is -3.63. The first-order valence-electron chi connectivity index (χ1n) is 10.4. The lowest BCUT2D eigenvalue weighted by Crippen LogP contribution is -2.47. The molecule has 2 aromatic heterocycles. The first-order chi connectivity index (χ1) is 15.4. The highest BCUT2D eigenvalue weighted by molar-refractivity contribution is 6.00. The van der Waals surface area contributed by atoms with Crippen molar-refractivity contribution in [3.8, 4) is 0 Å². The van der Waals surface area contributed by atoms with Crippen LogP contribution in [0.5, 0.6) is 0 Å². The fraction of sp³-hybridized carbons (Fsp3) is 0.381. The van der Waals surface area contributed by atoms with Gasteiger partial charge in [0, 0.05) is 25.6 Å². The van der Waals surface area contributed by atoms with Crippen LogP contribution in [-0.4, -0.2) is 49.4 Å². The van der Waals surface area contributed by atoms with E-state index in [1.807, 2.05) is 10.7 Å². The molecule has 9 nitrogen and oxygen atoms in total. The quantitative estimate of drug-likeness (QED) is 0.652. The van der Waals surface area contributed by atoms with E-state index in [2.05, 4.69) is 20.5 Å². The van der Waals surface area contributed by atoms with Gasteiger partial charge in [-0.05, 0) is 37.0 Å². The van der Waals surface area contributed by atoms with E-state index in [4.69, 9.17) is 0 Å². The van der Waals surface area contributed by atoms with Gasteiger partial charge in [-0.2, -0.15) is 5.10 Å². The van der Waals surface area contributed by atoms with Crippen molar-refractivity contribution < 1.29 is 18.4 Å². The number of aryl methyl sites for hydroxylation is 1. The number of halogens is 2. The predicted molar refractivity (Wildman–Crippen MR) is 109 cm³/mol. The molecule has 1 fully saturated rings. The summed E-state index contributed by atoms with van der Waals surface area (Å²) in [5, 5.41) is 11.4. The number of fused-ring (bicyclic) bond motifs is 1. The zero-order chi connectivity index (χ0) is 22.4. The van der Waals surface area contributed by atoms with E-state index in [-0.39, 0.29) is 18.3 Å². The van der Waals surface area contributed by atoms with E-state index in [1.165, 1.54) is 22.0 Å². The third kappa shape index (κ3) is 3.85. The first kappa shape index (κ1) is 20.3. The maximum atomic E-state index is 13.4. The van der Waals surface area contributed by atoms with E-state index in [0.717, 1.165) is 36.5 Å². The van der Waals surface area contributed by atoms with Crippen molar-refractivity contribution in [2.75, 3.05) is 11.9 Å². The summed E-state index contributed by atoms with van der Waals surface area (Å²) in [5.74, 6) is -1.61. The first-order valence-corrected chi connectivity index (χ1v) is 10.4. The molecule has 0 bridgehead atoms. The van der Waals surface area contributed by atoms with Crippen LogP contribution in [0, 0.1) is 11.6 Å². The molecule has 3 aromatic rings. The molecule has 11 heteroatoms. The van der Waals surface area contributed by atoms with Crippen LogP contribution in [0.3, 0.4) is 0 Å². The standard InChI is InChI=1S/C21H21F2N7O2/c1-28-18-9-17(13-3-4-13)26-30(18)7-6-16(21(28)32)25-20(31)19-24-11-29(27-19)10-12-2-5-14(22)15(23)8-12/h2,5,8-9,11,13,16H,3-4,6-7,10H2,1H3,(H,25,31)/t16-/m0/s1. The van der Waals surface area contributed by atoms with E-state index >= 15 is 0 Å². The van der Waals surface area contributed by atoms with Gasteiger partial charge in [0.25, 0.3) is 11.8 Å². The van der Waals surface area contributed by atoms with Gasteiger partial charge < -0.3 is 5.32 Å². The van der Waals surface area contributed by atoms with E-state index < -0.39 is 23.6 Å². The minimum Gasteiger partial charge on any atom is -0.337 e. The van der Waals surface area contributed by atoms with Crippen LogP contribution in [0.15, 0.2) is 30.6 Å². The normalized spacial score (nSPS) is 18.4. The number of hydrogen-bond donors (Lipinski definition) is 1. The molecule has 0 saturated heterocycles. The predicted octanol–water partition coefficient (Wildman–Crippen LogP) is 1.84. The Balaban J connectivity index is 1.25. The van der Waals surface area contributed by atoms with Gasteiger partial charge >= 0.3 is 0 Å². The maximum absolute atomic E-state index is 13.4. The number of rotatable bonds is 5. The van der Waals surface area contributed by atoms with Crippen molar-refractivity contribution in [3.05, 3.63) is 59.3 Å². The summed E-state index contributed by atoms with van der Waals surface area (Å²) in [4.78, 5) is 31.1. The molecule has 0 spiro atoms. The van der Waals surface area contributed by atoms with Crippen LogP contribution in [0.1, 0.15) is 47.1 Å². The van der Waals surface area contributed by atoms with Crippen molar-refractivity contribution in [2.24, 2.45) is 0 Å². The van der Waals surface area contributed by atoms with Crippen LogP contribution in [0.2, 0.25) is 0 Å². The van der Waals surface area contributed by atoms with Crippen molar-refractivity contribution in [1.29, 1.82) is 0 Å². The Morgan fingerprint density at radius 3 is 2.72 bits per heavy atom. The molecule has 1 N–H and O–H groups in total. The summed E-state index contributed by atoms with van der Waals surface area (Å²) in [6.07, 6.45) is 3.97. The van der Waals surface area contributed by atoms with Gasteiger partial charge in [-0.25, -0.2) is 23.1 Å². The molecule has 1 aliphatic heterocycles. The maximum Gasteiger partial charge on any atom is 0.291 e. The Bertz CT molecular complexity index is 1200. The highest BCUT2D eigenvalue weighted by Crippen LogP contribution is 2.40. The molecule has 0 radical (unpaired) electrons. The summed E-state index contributed by atoms with van der Waals surface area (Å²) < 4.78 is 29.6. The van der Waals surface area contributed by atoms with Gasteiger partial charge in [0.15, 0.2) is 11.6 Å². The van der Waals surface area contributed by atoms with Crippen molar-refractivity contribution >= 4 is 17.6 Å². The molecule has 32 heavy (non-hydrogen) atoms. The highest BCUT2D eigenvalue weighted by Gasteiger charge is 2.34. The number of likely N-dealkylation sites (N-methyl/N-ethyl adjacent to an activating group) is 1. The molecular weight excluding hydrogens is 420 g/mol. The fourth-order valence-corrected chi connectivity index (χ4v) is 3.82. The number of hydrogen-bond acceptors (Lipinski definition) is 5. The molecule has 1 aromatic carbocycles. The summed E-state index contributed by atoms with van der Waals surface area (Å²) in [7, 11) is 1.67. The van der Waals surface area contributed by atoms with Crippen LogP contribution < -0.4 is 10.2 Å². The van der Waals surface area contributed by atoms with E-state index in [9.17, 15) is 18.4 Å². The number of nitrogens with one attached hydrogen (secondary N) is 1. The monoisotopic (exact) mass is 441 g/mol. The number of benzene rings is 1. The zero-order valence-corrected chi connectivity index (χ0v) is 17.3. The van der Waals surface area contributed by atoms with E-state index in [1.54, 1.807) is 7.05 Å². The average Bonchev–Trinajstić information content (AvgIpc) is 3.39. The van der Waals surface area contributed by atoms with Crippen molar-refractivity contribution in [1.82, 2.24) is 29.9 Å². The largest absolute Gasteiger partial charge is 0.337 e. The van der Waals surface area contributed by atoms with Crippen molar-refractivity contribution in [3.63, 3.8) is 0 Å². The third-order valence-electron chi connectivity index (χ3n) is 5.75. The second kappa shape index (κ2) is 7.81. The van der Waals surface area contributed by atoms with Gasteiger partial charge in [-0.3, -0.25) is 14.5 Å². The lowest BCUT2D eigenvalue weighted by molar-refractivity contribution is -0.120. The van der Waals surface area contributed by atoms with E-state index in [0.29, 0.717) is 24.4 Å². The zero-order valence-electron chi connectivity index (χ0n) is 17.3. The van der Waals surface area contributed by atoms with Gasteiger partial charge in [-0.1, -0.05) is 6.07 Å². The molecule has 1 saturated carbocycles. The summed E-state index contributed by atoms with van der Waals surface area (Å²) in [6, 6.07) is 4.73. The molecular formula is C21H21F2N7O2. The Morgan fingerprint density at radius 1 is 1.16 bits per heavy atom. The van der Waals surface area contributed by atoms with Gasteiger partial charge in [-0.15, -0.1) is 5.10 Å². The molecule has 2 amide bonds. The highest BCUT2D eigenvalue weighted by atomic mass is 19.2. The Kier molecular flexibility index (Phi) is 4.95. The minimum atomic E-state index is -0.958. The summed E-state index contributed by atoms with van der Waals surface area (Å²) in [5.41, 5.74) is 1.49. The molecule has 1 aliphatic carbocycles. The summed E-state index contributed by atoms with van der Waals surface area (Å²) >= 11 is 0. The Labute approximate surface area is 182 Å². The number of carbonyl (C=O) groups is 2. The molecule has 2 aliphatic rings. The van der Waals surface area contributed by atoms with Crippen LogP contribution >= 0.6 is 0 Å². The molecule has 3 heterocycles. The molecule has 1 atom stereocenters. The topological polar surface area (TPSA) is 97.9 Å². The van der Waals surface area contributed by atoms with Crippen LogP contribution in [0.4, 0.5) is 14.6 Å². The van der Waals surface area contributed by atoms with Gasteiger partial charge in [0.05, 0.1) is 12.2 Å².